The van der Waals surface area contributed by atoms with Gasteiger partial charge in [0.05, 0.1) is 9.85 Å². The van der Waals surface area contributed by atoms with Crippen molar-refractivity contribution in [3.05, 3.63) is 67.4 Å². The van der Waals surface area contributed by atoms with Crippen molar-refractivity contribution in [2.24, 2.45) is 0 Å². The molecule has 0 radical (unpaired) electrons. The van der Waals surface area contributed by atoms with Gasteiger partial charge in [-0.25, -0.2) is 4.39 Å². The van der Waals surface area contributed by atoms with E-state index in [1.54, 1.807) is 6.07 Å². The molecule has 2 aromatic rings. The standard InChI is InChI=1S/C16H14Br2ClF/c1-8-4-9(2)15(10(3)5-8)16(18)11-6-13(19)12(17)7-14(11)20/h4-7,16H,1-3H3. The number of rotatable bonds is 2. The summed E-state index contributed by atoms with van der Waals surface area (Å²) in [4.78, 5) is -0.214. The van der Waals surface area contributed by atoms with E-state index in [0.29, 0.717) is 15.1 Å². The van der Waals surface area contributed by atoms with E-state index in [2.05, 4.69) is 50.9 Å². The van der Waals surface area contributed by atoms with E-state index >= 15 is 0 Å². The third-order valence-electron chi connectivity index (χ3n) is 3.30. The molecule has 1 unspecified atom stereocenters. The summed E-state index contributed by atoms with van der Waals surface area (Å²) in [6.45, 7) is 6.15. The second-order valence-electron chi connectivity index (χ2n) is 4.96. The Hall–Kier alpha value is -0.380. The molecule has 2 rings (SSSR count). The molecule has 0 nitrogen and oxygen atoms in total. The summed E-state index contributed by atoms with van der Waals surface area (Å²) in [6, 6.07) is 7.29. The van der Waals surface area contributed by atoms with Crippen molar-refractivity contribution in [1.29, 1.82) is 0 Å². The lowest BCUT2D eigenvalue weighted by atomic mass is 9.94. The predicted molar refractivity (Wildman–Crippen MR) is 90.5 cm³/mol. The topological polar surface area (TPSA) is 0 Å². The molecule has 0 bridgehead atoms. The maximum absolute atomic E-state index is 14.2. The largest absolute Gasteiger partial charge is 0.207 e. The molecule has 1 atom stereocenters. The van der Waals surface area contributed by atoms with Crippen LogP contribution in [0.15, 0.2) is 28.7 Å². The molecule has 2 aromatic carbocycles. The van der Waals surface area contributed by atoms with Crippen LogP contribution in [0.2, 0.25) is 5.02 Å². The highest BCUT2D eigenvalue weighted by atomic mass is 79.9. The number of benzene rings is 2. The van der Waals surface area contributed by atoms with Crippen LogP contribution in [0.1, 0.15) is 32.6 Å². The van der Waals surface area contributed by atoms with E-state index in [1.807, 2.05) is 13.8 Å². The fraction of sp³-hybridized carbons (Fsp3) is 0.250. The number of alkyl halides is 1. The van der Waals surface area contributed by atoms with Crippen molar-refractivity contribution in [3.63, 3.8) is 0 Å². The molecule has 0 N–H and O–H groups in total. The normalized spacial score (nSPS) is 12.6. The highest BCUT2D eigenvalue weighted by Gasteiger charge is 2.20. The van der Waals surface area contributed by atoms with Gasteiger partial charge >= 0.3 is 0 Å². The summed E-state index contributed by atoms with van der Waals surface area (Å²) < 4.78 is 14.8. The van der Waals surface area contributed by atoms with Crippen molar-refractivity contribution in [2.45, 2.75) is 25.6 Å². The first-order valence-electron chi connectivity index (χ1n) is 6.17. The fourth-order valence-electron chi connectivity index (χ4n) is 2.48. The first-order chi connectivity index (χ1) is 9.31. The molecule has 0 aliphatic heterocycles. The third kappa shape index (κ3) is 3.10. The third-order valence-corrected chi connectivity index (χ3v) is 5.45. The van der Waals surface area contributed by atoms with Crippen LogP contribution >= 0.6 is 43.5 Å². The lowest BCUT2D eigenvalue weighted by Gasteiger charge is -2.18. The fourth-order valence-corrected chi connectivity index (χ4v) is 4.04. The van der Waals surface area contributed by atoms with Gasteiger partial charge in [0.25, 0.3) is 0 Å². The molecule has 0 amide bonds. The lowest BCUT2D eigenvalue weighted by Crippen LogP contribution is -2.02. The first kappa shape index (κ1) is 16.0. The van der Waals surface area contributed by atoms with Crippen LogP contribution in [0.5, 0.6) is 0 Å². The Kier molecular flexibility index (Phi) is 4.93. The average molecular weight is 421 g/mol. The smallest absolute Gasteiger partial charge is 0.129 e. The van der Waals surface area contributed by atoms with E-state index in [4.69, 9.17) is 11.6 Å². The van der Waals surface area contributed by atoms with E-state index in [9.17, 15) is 4.39 Å². The number of halogens is 4. The Labute approximate surface area is 140 Å². The number of aryl methyl sites for hydroxylation is 3. The van der Waals surface area contributed by atoms with E-state index < -0.39 is 0 Å². The second kappa shape index (κ2) is 6.17. The minimum atomic E-state index is -0.275. The van der Waals surface area contributed by atoms with E-state index in [0.717, 1.165) is 16.7 Å². The summed E-state index contributed by atoms with van der Waals surface area (Å²) in [6.07, 6.45) is 0. The van der Waals surface area contributed by atoms with Gasteiger partial charge in [-0.1, -0.05) is 45.2 Å². The molecule has 20 heavy (non-hydrogen) atoms. The van der Waals surface area contributed by atoms with Gasteiger partial charge in [0, 0.05) is 10.0 Å². The predicted octanol–water partition coefficient (Wildman–Crippen LogP) is 6.65. The Morgan fingerprint density at radius 1 is 1.05 bits per heavy atom. The Morgan fingerprint density at radius 2 is 1.60 bits per heavy atom. The summed E-state index contributed by atoms with van der Waals surface area (Å²) in [5, 5.41) is 0.508. The summed E-state index contributed by atoms with van der Waals surface area (Å²) in [5.74, 6) is -0.275. The van der Waals surface area contributed by atoms with Crippen LogP contribution in [-0.2, 0) is 0 Å². The minimum Gasteiger partial charge on any atom is -0.207 e. The van der Waals surface area contributed by atoms with E-state index in [1.165, 1.54) is 11.6 Å². The number of hydrogen-bond donors (Lipinski definition) is 0. The van der Waals surface area contributed by atoms with Crippen LogP contribution in [-0.4, -0.2) is 0 Å². The van der Waals surface area contributed by atoms with Crippen molar-refractivity contribution in [1.82, 2.24) is 0 Å². The molecule has 0 heterocycles. The van der Waals surface area contributed by atoms with Crippen LogP contribution in [0.4, 0.5) is 4.39 Å². The maximum Gasteiger partial charge on any atom is 0.129 e. The van der Waals surface area contributed by atoms with Gasteiger partial charge in [-0.15, -0.1) is 0 Å². The average Bonchev–Trinajstić information content (AvgIpc) is 2.32. The Balaban J connectivity index is 2.57. The Bertz CT molecular complexity index is 645. The van der Waals surface area contributed by atoms with Crippen LogP contribution < -0.4 is 0 Å². The molecular weight excluding hydrogens is 406 g/mol. The van der Waals surface area contributed by atoms with Gasteiger partial charge in [-0.3, -0.25) is 0 Å². The van der Waals surface area contributed by atoms with Crippen LogP contribution in [0.3, 0.4) is 0 Å². The zero-order chi connectivity index (χ0) is 15.0. The van der Waals surface area contributed by atoms with Gasteiger partial charge in [-0.2, -0.15) is 0 Å². The number of hydrogen-bond acceptors (Lipinski definition) is 0. The molecule has 0 aliphatic carbocycles. The van der Waals surface area contributed by atoms with Gasteiger partial charge in [-0.05, 0) is 65.5 Å². The zero-order valence-electron chi connectivity index (χ0n) is 11.4. The maximum atomic E-state index is 14.2. The molecule has 0 spiro atoms. The summed E-state index contributed by atoms with van der Waals surface area (Å²) in [5.41, 5.74) is 5.13. The highest BCUT2D eigenvalue weighted by Crippen LogP contribution is 2.39. The zero-order valence-corrected chi connectivity index (χ0v) is 15.3. The SMILES string of the molecule is Cc1cc(C)c(C(Br)c2cc(Cl)c(Br)cc2F)c(C)c1. The van der Waals surface area contributed by atoms with E-state index in [-0.39, 0.29) is 10.6 Å². The highest BCUT2D eigenvalue weighted by molar-refractivity contribution is 9.10. The lowest BCUT2D eigenvalue weighted by molar-refractivity contribution is 0.612. The van der Waals surface area contributed by atoms with Crippen molar-refractivity contribution in [3.8, 4) is 0 Å². The second-order valence-corrected chi connectivity index (χ2v) is 7.14. The molecule has 4 heteroatoms. The summed E-state index contributed by atoms with van der Waals surface area (Å²) >= 11 is 12.9. The molecule has 0 aromatic heterocycles. The van der Waals surface area contributed by atoms with Gasteiger partial charge in [0.2, 0.25) is 0 Å². The molecule has 0 saturated heterocycles. The monoisotopic (exact) mass is 418 g/mol. The van der Waals surface area contributed by atoms with Crippen LogP contribution in [0.25, 0.3) is 0 Å². The van der Waals surface area contributed by atoms with Gasteiger partial charge < -0.3 is 0 Å². The van der Waals surface area contributed by atoms with Gasteiger partial charge in [0.1, 0.15) is 5.82 Å². The first-order valence-corrected chi connectivity index (χ1v) is 8.26. The molecule has 106 valence electrons. The van der Waals surface area contributed by atoms with Crippen LogP contribution in [0, 0.1) is 26.6 Å². The Morgan fingerprint density at radius 3 is 2.15 bits per heavy atom. The van der Waals surface area contributed by atoms with Crippen molar-refractivity contribution >= 4 is 43.5 Å². The minimum absolute atomic E-state index is 0.214. The van der Waals surface area contributed by atoms with Crippen molar-refractivity contribution < 1.29 is 4.39 Å². The molecule has 0 aliphatic rings. The summed E-state index contributed by atoms with van der Waals surface area (Å²) in [7, 11) is 0. The van der Waals surface area contributed by atoms with Crippen molar-refractivity contribution in [2.75, 3.05) is 0 Å². The molecule has 0 fully saturated rings. The molecule has 0 saturated carbocycles. The van der Waals surface area contributed by atoms with Gasteiger partial charge in [0.15, 0.2) is 0 Å². The molecular formula is C16H14Br2ClF. The quantitative estimate of drug-likeness (QED) is 0.377.